The summed E-state index contributed by atoms with van der Waals surface area (Å²) in [6.45, 7) is -0.185. The van der Waals surface area contributed by atoms with E-state index >= 15 is 0 Å². The fraction of sp³-hybridized carbons (Fsp3) is 0.200. The van der Waals surface area contributed by atoms with E-state index in [2.05, 4.69) is 4.98 Å². The lowest BCUT2D eigenvalue weighted by Crippen LogP contribution is -2.27. The minimum Gasteiger partial charge on any atom is -0.337 e. The molecule has 1 heterocycles. The summed E-state index contributed by atoms with van der Waals surface area (Å²) in [4.78, 5) is 26.2. The molecule has 0 saturated heterocycles. The van der Waals surface area contributed by atoms with E-state index in [0.29, 0.717) is 16.9 Å². The molecule has 0 radical (unpaired) electrons. The fourth-order valence-corrected chi connectivity index (χ4v) is 4.95. The lowest BCUT2D eigenvalue weighted by Gasteiger charge is -2.17. The lowest BCUT2D eigenvalue weighted by atomic mass is 10.2. The zero-order chi connectivity index (χ0) is 25.4. The van der Waals surface area contributed by atoms with Gasteiger partial charge >= 0.3 is 6.18 Å². The molecule has 0 N–H and O–H groups in total. The number of rotatable bonds is 6. The molecule has 0 atom stereocenters. The number of halogens is 4. The van der Waals surface area contributed by atoms with Gasteiger partial charge in [-0.3, -0.25) is 14.9 Å². The molecule has 3 aromatic rings. The minimum absolute atomic E-state index is 0.165. The third kappa shape index (κ3) is 5.39. The highest BCUT2D eigenvalue weighted by atomic mass is 32.2. The van der Waals surface area contributed by atoms with Gasteiger partial charge in [-0.1, -0.05) is 18.2 Å². The highest BCUT2D eigenvalue weighted by molar-refractivity contribution is 7.90. The molecule has 180 valence electrons. The number of nitro groups is 1. The number of hydrogen-bond acceptors (Lipinski definition) is 7. The van der Waals surface area contributed by atoms with Crippen molar-refractivity contribution in [2.45, 2.75) is 17.6 Å². The van der Waals surface area contributed by atoms with Crippen LogP contribution in [0, 0.1) is 15.9 Å². The first-order valence-electron chi connectivity index (χ1n) is 9.25. The van der Waals surface area contributed by atoms with Crippen molar-refractivity contribution in [1.29, 1.82) is 0 Å². The maximum absolute atomic E-state index is 13.6. The Morgan fingerprint density at radius 2 is 1.88 bits per heavy atom. The lowest BCUT2D eigenvalue weighted by molar-refractivity contribution is -0.387. The number of sulfone groups is 1. The van der Waals surface area contributed by atoms with Crippen molar-refractivity contribution in [2.75, 3.05) is 13.3 Å². The van der Waals surface area contributed by atoms with Crippen molar-refractivity contribution in [3.05, 3.63) is 74.5 Å². The number of nitrogens with zero attached hydrogens (tertiary/aromatic N) is 3. The van der Waals surface area contributed by atoms with Crippen molar-refractivity contribution >= 4 is 32.8 Å². The summed E-state index contributed by atoms with van der Waals surface area (Å²) >= 11 is 0.355. The quantitative estimate of drug-likeness (QED) is 0.270. The van der Waals surface area contributed by atoms with E-state index in [1.54, 1.807) is 0 Å². The molecule has 0 aliphatic heterocycles. The summed E-state index contributed by atoms with van der Waals surface area (Å²) in [7, 11) is -2.75. The molecule has 0 fully saturated rings. The van der Waals surface area contributed by atoms with Crippen LogP contribution in [0.4, 0.5) is 23.2 Å². The second-order valence-electron chi connectivity index (χ2n) is 7.20. The highest BCUT2D eigenvalue weighted by Crippen LogP contribution is 2.39. The second kappa shape index (κ2) is 9.10. The molecule has 0 spiro atoms. The zero-order valence-corrected chi connectivity index (χ0v) is 19.1. The predicted octanol–water partition coefficient (Wildman–Crippen LogP) is 4.55. The second-order valence-corrected chi connectivity index (χ2v) is 10.2. The van der Waals surface area contributed by atoms with Crippen molar-refractivity contribution in [3.63, 3.8) is 0 Å². The SMILES string of the molecule is CN(Cc1cccc(F)c1)C(=O)c1sc(-c2ccc(S(C)(=O)=O)c([N+](=O)[O-])c2)nc1C(F)(F)F. The fourth-order valence-electron chi connectivity index (χ4n) is 3.04. The van der Waals surface area contributed by atoms with Crippen LogP contribution in [0.15, 0.2) is 47.4 Å². The molecular weight excluding hydrogens is 502 g/mol. The van der Waals surface area contributed by atoms with Crippen molar-refractivity contribution in [3.8, 4) is 10.6 Å². The topological polar surface area (TPSA) is 110 Å². The van der Waals surface area contributed by atoms with Crippen molar-refractivity contribution in [1.82, 2.24) is 9.88 Å². The summed E-state index contributed by atoms with van der Waals surface area (Å²) < 4.78 is 77.9. The molecule has 0 unspecified atom stereocenters. The van der Waals surface area contributed by atoms with E-state index < -0.39 is 53.8 Å². The zero-order valence-electron chi connectivity index (χ0n) is 17.5. The van der Waals surface area contributed by atoms with Crippen LogP contribution in [0.5, 0.6) is 0 Å². The van der Waals surface area contributed by atoms with E-state index in [9.17, 15) is 40.9 Å². The summed E-state index contributed by atoms with van der Waals surface area (Å²) in [5, 5.41) is 11.0. The van der Waals surface area contributed by atoms with Crippen LogP contribution in [-0.2, 0) is 22.6 Å². The van der Waals surface area contributed by atoms with Gasteiger partial charge in [-0.2, -0.15) is 13.2 Å². The molecule has 0 aliphatic carbocycles. The number of benzene rings is 2. The number of amides is 1. The first-order chi connectivity index (χ1) is 15.7. The van der Waals surface area contributed by atoms with Crippen LogP contribution in [-0.4, -0.2) is 42.4 Å². The van der Waals surface area contributed by atoms with E-state index in [4.69, 9.17) is 0 Å². The summed E-state index contributed by atoms with van der Waals surface area (Å²) in [5.74, 6) is -1.61. The van der Waals surface area contributed by atoms with Crippen LogP contribution >= 0.6 is 11.3 Å². The standard InChI is InChI=1S/C20H15F4N3O5S2/c1-26(10-11-4-3-5-13(21)8-11)19(28)16-17(20(22,23)24)25-18(33-16)12-6-7-15(34(2,31)32)14(9-12)27(29)30/h3-9H,10H2,1-2H3. The molecule has 0 saturated carbocycles. The van der Waals surface area contributed by atoms with Crippen LogP contribution in [0.1, 0.15) is 20.9 Å². The molecule has 2 aromatic carbocycles. The van der Waals surface area contributed by atoms with Gasteiger partial charge in [0, 0.05) is 31.5 Å². The van der Waals surface area contributed by atoms with Gasteiger partial charge in [0.1, 0.15) is 20.6 Å². The molecule has 3 rings (SSSR count). The number of carbonyl (C=O) groups excluding carboxylic acids is 1. The number of carbonyl (C=O) groups is 1. The van der Waals surface area contributed by atoms with Crippen LogP contribution in [0.25, 0.3) is 10.6 Å². The Morgan fingerprint density at radius 1 is 1.21 bits per heavy atom. The number of alkyl halides is 3. The summed E-state index contributed by atoms with van der Waals surface area (Å²) in [6.07, 6.45) is -4.26. The normalized spacial score (nSPS) is 11.9. The first-order valence-corrected chi connectivity index (χ1v) is 12.0. The molecule has 1 aromatic heterocycles. The Balaban J connectivity index is 2.06. The van der Waals surface area contributed by atoms with E-state index in [-0.39, 0.29) is 17.1 Å². The van der Waals surface area contributed by atoms with Gasteiger partial charge < -0.3 is 4.90 Å². The van der Waals surface area contributed by atoms with Crippen LogP contribution in [0.3, 0.4) is 0 Å². The summed E-state index contributed by atoms with van der Waals surface area (Å²) in [6, 6.07) is 7.97. The maximum Gasteiger partial charge on any atom is 0.435 e. The molecule has 34 heavy (non-hydrogen) atoms. The molecule has 14 heteroatoms. The largest absolute Gasteiger partial charge is 0.435 e. The van der Waals surface area contributed by atoms with Gasteiger partial charge in [0.05, 0.1) is 4.92 Å². The van der Waals surface area contributed by atoms with E-state index in [0.717, 1.165) is 35.4 Å². The molecule has 0 aliphatic rings. The first kappa shape index (κ1) is 25.2. The van der Waals surface area contributed by atoms with Gasteiger partial charge in [-0.15, -0.1) is 11.3 Å². The molecular formula is C20H15F4N3O5S2. The Kier molecular flexibility index (Phi) is 6.75. The third-order valence-corrected chi connectivity index (χ3v) is 6.78. The van der Waals surface area contributed by atoms with Crippen molar-refractivity contribution < 1.29 is 35.7 Å². The maximum atomic E-state index is 13.6. The predicted molar refractivity (Wildman–Crippen MR) is 115 cm³/mol. The Morgan fingerprint density at radius 3 is 2.44 bits per heavy atom. The van der Waals surface area contributed by atoms with E-state index in [1.165, 1.54) is 25.2 Å². The average molecular weight is 517 g/mol. The average Bonchev–Trinajstić information content (AvgIpc) is 3.18. The smallest absolute Gasteiger partial charge is 0.337 e. The van der Waals surface area contributed by atoms with E-state index in [1.807, 2.05) is 0 Å². The number of hydrogen-bond donors (Lipinski definition) is 0. The number of thiazole rings is 1. The molecule has 0 bridgehead atoms. The Labute approximate surface area is 194 Å². The Hall–Kier alpha value is -3.39. The summed E-state index contributed by atoms with van der Waals surface area (Å²) in [5.41, 5.74) is -2.14. The van der Waals surface area contributed by atoms with Gasteiger partial charge in [-0.05, 0) is 23.8 Å². The van der Waals surface area contributed by atoms with Crippen molar-refractivity contribution in [2.24, 2.45) is 0 Å². The molecule has 8 nitrogen and oxygen atoms in total. The van der Waals surface area contributed by atoms with Crippen LogP contribution < -0.4 is 0 Å². The van der Waals surface area contributed by atoms with Gasteiger partial charge in [0.25, 0.3) is 11.6 Å². The minimum atomic E-state index is -5.02. The molecule has 1 amide bonds. The van der Waals surface area contributed by atoms with Gasteiger partial charge in [0.2, 0.25) is 0 Å². The monoisotopic (exact) mass is 517 g/mol. The van der Waals surface area contributed by atoms with Gasteiger partial charge in [-0.25, -0.2) is 17.8 Å². The third-order valence-electron chi connectivity index (χ3n) is 4.55. The highest BCUT2D eigenvalue weighted by Gasteiger charge is 2.40. The number of nitro benzene ring substituents is 1. The van der Waals surface area contributed by atoms with Crippen LogP contribution in [0.2, 0.25) is 0 Å². The van der Waals surface area contributed by atoms with Gasteiger partial charge in [0.15, 0.2) is 15.5 Å². The number of aromatic nitrogens is 1. The Bertz CT molecular complexity index is 1390.